The maximum atomic E-state index is 9.82. The maximum Gasteiger partial charge on any atom is 0.0897 e. The minimum Gasteiger partial charge on any atom is -0.389 e. The first kappa shape index (κ1) is 17.9. The summed E-state index contributed by atoms with van der Waals surface area (Å²) in [6.07, 6.45) is 2.00. The molecule has 1 atom stereocenters. The van der Waals surface area contributed by atoms with Gasteiger partial charge < -0.3 is 24.8 Å². The van der Waals surface area contributed by atoms with Crippen LogP contribution in [-0.2, 0) is 9.47 Å². The molecule has 1 unspecified atom stereocenters. The number of nitrogens with zero attached hydrogens (tertiary/aromatic N) is 1. The van der Waals surface area contributed by atoms with Gasteiger partial charge in [-0.2, -0.15) is 0 Å². The molecule has 0 saturated carbocycles. The zero-order chi connectivity index (χ0) is 14.8. The van der Waals surface area contributed by atoms with Crippen LogP contribution >= 0.6 is 0 Å². The van der Waals surface area contributed by atoms with Gasteiger partial charge in [0, 0.05) is 19.7 Å². The molecule has 1 saturated heterocycles. The van der Waals surface area contributed by atoms with Gasteiger partial charge in [0.25, 0.3) is 0 Å². The Hall–Kier alpha value is -0.200. The van der Waals surface area contributed by atoms with Crippen molar-refractivity contribution in [2.75, 3.05) is 59.7 Å². The highest BCUT2D eigenvalue weighted by Gasteiger charge is 2.28. The summed E-state index contributed by atoms with van der Waals surface area (Å²) < 4.78 is 10.5. The van der Waals surface area contributed by atoms with Crippen LogP contribution in [0, 0.1) is 5.41 Å². The predicted octanol–water partition coefficient (Wildman–Crippen LogP) is 0.722. The molecule has 0 bridgehead atoms. The van der Waals surface area contributed by atoms with E-state index in [0.717, 1.165) is 6.54 Å². The molecule has 1 heterocycles. The van der Waals surface area contributed by atoms with E-state index in [1.54, 1.807) is 0 Å². The molecule has 20 heavy (non-hydrogen) atoms. The predicted molar refractivity (Wildman–Crippen MR) is 81.0 cm³/mol. The molecule has 1 aliphatic heterocycles. The van der Waals surface area contributed by atoms with Crippen LogP contribution in [-0.4, -0.2) is 75.8 Å². The number of aliphatic hydroxyl groups is 1. The van der Waals surface area contributed by atoms with E-state index in [1.165, 1.54) is 25.9 Å². The van der Waals surface area contributed by atoms with Crippen molar-refractivity contribution in [3.05, 3.63) is 0 Å². The van der Waals surface area contributed by atoms with Gasteiger partial charge in [-0.25, -0.2) is 0 Å². The molecule has 0 aliphatic carbocycles. The van der Waals surface area contributed by atoms with Crippen molar-refractivity contribution >= 4 is 0 Å². The normalized spacial score (nSPS) is 21.0. The van der Waals surface area contributed by atoms with Crippen molar-refractivity contribution in [1.82, 2.24) is 10.2 Å². The second-order valence-corrected chi connectivity index (χ2v) is 6.17. The summed E-state index contributed by atoms with van der Waals surface area (Å²) in [5, 5.41) is 13.2. The number of nitrogens with one attached hydrogen (secondary N) is 1. The summed E-state index contributed by atoms with van der Waals surface area (Å²) in [5.41, 5.74) is 0.363. The zero-order valence-corrected chi connectivity index (χ0v) is 13.4. The Balaban J connectivity index is 2.02. The van der Waals surface area contributed by atoms with Crippen LogP contribution < -0.4 is 5.32 Å². The Morgan fingerprint density at radius 1 is 1.25 bits per heavy atom. The zero-order valence-electron chi connectivity index (χ0n) is 13.4. The number of aliphatic hydroxyl groups excluding tert-OH is 1. The van der Waals surface area contributed by atoms with E-state index in [4.69, 9.17) is 9.47 Å². The molecule has 120 valence electrons. The third-order valence-corrected chi connectivity index (χ3v) is 4.01. The fraction of sp³-hybridized carbons (Fsp3) is 1.00. The molecule has 1 rings (SSSR count). The lowest BCUT2D eigenvalue weighted by molar-refractivity contribution is 0.00531. The topological polar surface area (TPSA) is 54.0 Å². The van der Waals surface area contributed by atoms with E-state index < -0.39 is 6.10 Å². The first-order valence-electron chi connectivity index (χ1n) is 7.78. The third kappa shape index (κ3) is 7.55. The highest BCUT2D eigenvalue weighted by molar-refractivity contribution is 4.83. The second-order valence-electron chi connectivity index (χ2n) is 6.17. The standard InChI is InChI=1S/C15H32N2O3/c1-4-19-9-10-20-12-14(18)11-16-13-15(2)5-7-17(3)8-6-15/h14,16,18H,4-13H2,1-3H3. The number of piperidine rings is 1. The van der Waals surface area contributed by atoms with Crippen LogP contribution in [0.3, 0.4) is 0 Å². The van der Waals surface area contributed by atoms with Gasteiger partial charge in [0.1, 0.15) is 0 Å². The summed E-state index contributed by atoms with van der Waals surface area (Å²) >= 11 is 0. The molecule has 5 heteroatoms. The van der Waals surface area contributed by atoms with Gasteiger partial charge in [-0.05, 0) is 45.3 Å². The monoisotopic (exact) mass is 288 g/mol. The van der Waals surface area contributed by atoms with Gasteiger partial charge in [0.15, 0.2) is 0 Å². The smallest absolute Gasteiger partial charge is 0.0897 e. The first-order chi connectivity index (χ1) is 9.56. The molecule has 0 spiro atoms. The Labute approximate surface area is 123 Å². The number of rotatable bonds is 10. The molecule has 0 aromatic heterocycles. The van der Waals surface area contributed by atoms with Crippen LogP contribution in [0.25, 0.3) is 0 Å². The Kier molecular flexibility index (Phi) is 8.64. The quantitative estimate of drug-likeness (QED) is 0.580. The lowest BCUT2D eigenvalue weighted by Gasteiger charge is -2.38. The molecule has 0 aromatic rings. The molecule has 1 fully saturated rings. The van der Waals surface area contributed by atoms with Gasteiger partial charge in [0.05, 0.1) is 25.9 Å². The minimum absolute atomic E-state index is 0.363. The Bertz CT molecular complexity index is 243. The highest BCUT2D eigenvalue weighted by Crippen LogP contribution is 2.29. The molecule has 1 aliphatic rings. The van der Waals surface area contributed by atoms with E-state index >= 15 is 0 Å². The van der Waals surface area contributed by atoms with E-state index in [2.05, 4.69) is 24.2 Å². The molecular weight excluding hydrogens is 256 g/mol. The Morgan fingerprint density at radius 3 is 2.55 bits per heavy atom. The van der Waals surface area contributed by atoms with E-state index in [0.29, 0.717) is 38.4 Å². The molecule has 0 aromatic carbocycles. The average molecular weight is 288 g/mol. The fourth-order valence-corrected chi connectivity index (χ4v) is 2.42. The molecular formula is C15H32N2O3. The van der Waals surface area contributed by atoms with Gasteiger partial charge in [-0.3, -0.25) is 0 Å². The maximum absolute atomic E-state index is 9.82. The molecule has 0 radical (unpaired) electrons. The average Bonchev–Trinajstić information content (AvgIpc) is 2.42. The lowest BCUT2D eigenvalue weighted by atomic mass is 9.80. The van der Waals surface area contributed by atoms with Gasteiger partial charge >= 0.3 is 0 Å². The van der Waals surface area contributed by atoms with Crippen molar-refractivity contribution in [1.29, 1.82) is 0 Å². The summed E-state index contributed by atoms with van der Waals surface area (Å²) in [6, 6.07) is 0. The van der Waals surface area contributed by atoms with Crippen molar-refractivity contribution in [2.45, 2.75) is 32.8 Å². The SMILES string of the molecule is CCOCCOCC(O)CNCC1(C)CCN(C)CC1. The third-order valence-electron chi connectivity index (χ3n) is 4.01. The summed E-state index contributed by atoms with van der Waals surface area (Å²) in [4.78, 5) is 2.38. The van der Waals surface area contributed by atoms with Crippen LogP contribution in [0.2, 0.25) is 0 Å². The summed E-state index contributed by atoms with van der Waals surface area (Å²) in [7, 11) is 2.18. The largest absolute Gasteiger partial charge is 0.389 e. The molecule has 2 N–H and O–H groups in total. The lowest BCUT2D eigenvalue weighted by Crippen LogP contribution is -2.44. The van der Waals surface area contributed by atoms with Crippen LogP contribution in [0.15, 0.2) is 0 Å². The summed E-state index contributed by atoms with van der Waals surface area (Å²) in [5.74, 6) is 0. The Morgan fingerprint density at radius 2 is 1.90 bits per heavy atom. The van der Waals surface area contributed by atoms with Crippen LogP contribution in [0.5, 0.6) is 0 Å². The van der Waals surface area contributed by atoms with Gasteiger partial charge in [-0.1, -0.05) is 6.92 Å². The van der Waals surface area contributed by atoms with Crippen molar-refractivity contribution in [3.63, 3.8) is 0 Å². The second kappa shape index (κ2) is 9.68. The number of likely N-dealkylation sites (tertiary alicyclic amines) is 1. The van der Waals surface area contributed by atoms with E-state index in [1.807, 2.05) is 6.92 Å². The van der Waals surface area contributed by atoms with E-state index in [-0.39, 0.29) is 0 Å². The van der Waals surface area contributed by atoms with Crippen LogP contribution in [0.4, 0.5) is 0 Å². The van der Waals surface area contributed by atoms with Gasteiger partial charge in [0.2, 0.25) is 0 Å². The van der Waals surface area contributed by atoms with Crippen LogP contribution in [0.1, 0.15) is 26.7 Å². The van der Waals surface area contributed by atoms with Crippen molar-refractivity contribution in [2.24, 2.45) is 5.41 Å². The molecule has 5 nitrogen and oxygen atoms in total. The van der Waals surface area contributed by atoms with Gasteiger partial charge in [-0.15, -0.1) is 0 Å². The number of hydrogen-bond donors (Lipinski definition) is 2. The minimum atomic E-state index is -0.438. The van der Waals surface area contributed by atoms with E-state index in [9.17, 15) is 5.11 Å². The number of hydrogen-bond acceptors (Lipinski definition) is 5. The molecule has 0 amide bonds. The fourth-order valence-electron chi connectivity index (χ4n) is 2.42. The number of ether oxygens (including phenoxy) is 2. The summed E-state index contributed by atoms with van der Waals surface area (Å²) in [6.45, 7) is 10.4. The van der Waals surface area contributed by atoms with Crippen molar-refractivity contribution in [3.8, 4) is 0 Å². The highest BCUT2D eigenvalue weighted by atomic mass is 16.5. The first-order valence-corrected chi connectivity index (χ1v) is 7.78. The van der Waals surface area contributed by atoms with Crippen molar-refractivity contribution < 1.29 is 14.6 Å².